The molecule has 0 atom stereocenters. The second-order valence-electron chi connectivity index (χ2n) is 5.53. The molecule has 0 spiro atoms. The van der Waals surface area contributed by atoms with Crippen molar-refractivity contribution in [2.45, 2.75) is 25.7 Å². The molecule has 0 aliphatic carbocycles. The van der Waals surface area contributed by atoms with Crippen molar-refractivity contribution in [3.63, 3.8) is 0 Å². The van der Waals surface area contributed by atoms with Crippen LogP contribution in [0.2, 0.25) is 0 Å². The first-order chi connectivity index (χ1) is 12.4. The molecular formula is C19H24N2O4S. The number of carbonyl (C=O) groups is 1. The number of amides is 1. The van der Waals surface area contributed by atoms with Gasteiger partial charge in [-0.1, -0.05) is 26.0 Å². The van der Waals surface area contributed by atoms with Gasteiger partial charge in [-0.2, -0.15) is 4.31 Å². The minimum Gasteiger partial charge on any atom is -0.494 e. The summed E-state index contributed by atoms with van der Waals surface area (Å²) in [6.45, 7) is 6.72. The summed E-state index contributed by atoms with van der Waals surface area (Å²) >= 11 is 0. The smallest absolute Gasteiger partial charge is 0.255 e. The van der Waals surface area contributed by atoms with E-state index in [9.17, 15) is 13.2 Å². The zero-order valence-corrected chi connectivity index (χ0v) is 16.0. The Morgan fingerprint density at radius 2 is 1.73 bits per heavy atom. The van der Waals surface area contributed by atoms with Gasteiger partial charge in [0.05, 0.1) is 11.5 Å². The van der Waals surface area contributed by atoms with Crippen molar-refractivity contribution in [3.05, 3.63) is 54.1 Å². The number of ether oxygens (including phenoxy) is 1. The average Bonchev–Trinajstić information content (AvgIpc) is 2.63. The molecule has 2 aromatic rings. The molecule has 140 valence electrons. The lowest BCUT2D eigenvalue weighted by Gasteiger charge is -2.18. The topological polar surface area (TPSA) is 75.7 Å². The molecule has 0 bridgehead atoms. The lowest BCUT2D eigenvalue weighted by molar-refractivity contribution is 0.102. The van der Waals surface area contributed by atoms with Crippen molar-refractivity contribution in [2.24, 2.45) is 0 Å². The maximum atomic E-state index is 12.6. The molecule has 0 saturated carbocycles. The van der Waals surface area contributed by atoms with E-state index in [4.69, 9.17) is 4.74 Å². The number of carbonyl (C=O) groups excluding carboxylic acids is 1. The molecule has 0 radical (unpaired) electrons. The summed E-state index contributed by atoms with van der Waals surface area (Å²) in [5.41, 5.74) is 0.859. The predicted octanol–water partition coefficient (Wildman–Crippen LogP) is 3.37. The molecule has 0 aliphatic rings. The van der Waals surface area contributed by atoms with E-state index < -0.39 is 10.0 Å². The maximum Gasteiger partial charge on any atom is 0.255 e. The second kappa shape index (κ2) is 8.82. The predicted molar refractivity (Wildman–Crippen MR) is 102 cm³/mol. The van der Waals surface area contributed by atoms with Gasteiger partial charge in [-0.05, 0) is 37.3 Å². The van der Waals surface area contributed by atoms with E-state index in [1.54, 1.807) is 50.2 Å². The summed E-state index contributed by atoms with van der Waals surface area (Å²) in [4.78, 5) is 12.6. The number of hydrogen-bond donors (Lipinski definition) is 1. The van der Waals surface area contributed by atoms with Crippen molar-refractivity contribution >= 4 is 21.6 Å². The van der Waals surface area contributed by atoms with E-state index in [0.717, 1.165) is 0 Å². The number of nitrogens with zero attached hydrogens (tertiary/aromatic N) is 1. The first-order valence-electron chi connectivity index (χ1n) is 8.56. The molecule has 0 saturated heterocycles. The standard InChI is InChI=1S/C19H24N2O4S/c1-4-21(5-2)26(23,24)18-12-7-9-15(13-18)19(22)20-16-10-8-11-17(14-16)25-6-3/h7-14H,4-6H2,1-3H3,(H,20,22). The minimum atomic E-state index is -3.61. The van der Waals surface area contributed by atoms with E-state index in [2.05, 4.69) is 5.32 Å². The Kier molecular flexibility index (Phi) is 6.76. The Balaban J connectivity index is 2.24. The van der Waals surface area contributed by atoms with Crippen LogP contribution >= 0.6 is 0 Å². The molecule has 2 aromatic carbocycles. The van der Waals surface area contributed by atoms with E-state index in [1.807, 2.05) is 6.92 Å². The normalized spacial score (nSPS) is 11.4. The number of nitrogens with one attached hydrogen (secondary N) is 1. The van der Waals surface area contributed by atoms with E-state index >= 15 is 0 Å². The van der Waals surface area contributed by atoms with E-state index in [1.165, 1.54) is 16.4 Å². The van der Waals surface area contributed by atoms with Gasteiger partial charge in [-0.3, -0.25) is 4.79 Å². The number of sulfonamides is 1. The fourth-order valence-electron chi connectivity index (χ4n) is 2.54. The number of hydrogen-bond acceptors (Lipinski definition) is 4. The Hall–Kier alpha value is -2.38. The van der Waals surface area contributed by atoms with Crippen molar-refractivity contribution in [1.29, 1.82) is 0 Å². The number of rotatable bonds is 8. The van der Waals surface area contributed by atoms with Gasteiger partial charge in [0.15, 0.2) is 0 Å². The highest BCUT2D eigenvalue weighted by molar-refractivity contribution is 7.89. The zero-order valence-electron chi connectivity index (χ0n) is 15.2. The van der Waals surface area contributed by atoms with Gasteiger partial charge in [-0.25, -0.2) is 8.42 Å². The van der Waals surface area contributed by atoms with Crippen LogP contribution in [0.3, 0.4) is 0 Å². The highest BCUT2D eigenvalue weighted by atomic mass is 32.2. The van der Waals surface area contributed by atoms with Crippen molar-refractivity contribution in [2.75, 3.05) is 25.0 Å². The Labute approximate surface area is 154 Å². The highest BCUT2D eigenvalue weighted by Gasteiger charge is 2.22. The van der Waals surface area contributed by atoms with Crippen LogP contribution in [0, 0.1) is 0 Å². The van der Waals surface area contributed by atoms with E-state index in [0.29, 0.717) is 31.1 Å². The molecule has 1 N–H and O–H groups in total. The van der Waals surface area contributed by atoms with Gasteiger partial charge in [0.1, 0.15) is 5.75 Å². The first-order valence-corrected chi connectivity index (χ1v) is 10.0. The van der Waals surface area contributed by atoms with E-state index in [-0.39, 0.29) is 16.4 Å². The highest BCUT2D eigenvalue weighted by Crippen LogP contribution is 2.20. The summed E-state index contributed by atoms with van der Waals surface area (Å²) in [5.74, 6) is 0.276. The number of benzene rings is 2. The first kappa shape index (κ1) is 19.9. The summed E-state index contributed by atoms with van der Waals surface area (Å²) < 4.78 is 32.0. The second-order valence-corrected chi connectivity index (χ2v) is 7.47. The van der Waals surface area contributed by atoms with Gasteiger partial charge in [0.2, 0.25) is 10.0 Å². The lowest BCUT2D eigenvalue weighted by atomic mass is 10.2. The van der Waals surface area contributed by atoms with Gasteiger partial charge in [0.25, 0.3) is 5.91 Å². The monoisotopic (exact) mass is 376 g/mol. The van der Waals surface area contributed by atoms with Crippen molar-refractivity contribution in [1.82, 2.24) is 4.31 Å². The van der Waals surface area contributed by atoms with Gasteiger partial charge >= 0.3 is 0 Å². The summed E-state index contributed by atoms with van der Waals surface area (Å²) in [6, 6.07) is 13.1. The van der Waals surface area contributed by atoms with Crippen LogP contribution in [-0.4, -0.2) is 38.3 Å². The van der Waals surface area contributed by atoms with Crippen LogP contribution in [-0.2, 0) is 10.0 Å². The molecule has 1 amide bonds. The molecule has 2 rings (SSSR count). The van der Waals surface area contributed by atoms with Crippen molar-refractivity contribution < 1.29 is 17.9 Å². The fraction of sp³-hybridized carbons (Fsp3) is 0.316. The van der Waals surface area contributed by atoms with Gasteiger partial charge in [0, 0.05) is 30.4 Å². The molecule has 26 heavy (non-hydrogen) atoms. The zero-order chi connectivity index (χ0) is 19.2. The molecule has 0 aromatic heterocycles. The average molecular weight is 376 g/mol. The third kappa shape index (κ3) is 4.62. The summed E-state index contributed by atoms with van der Waals surface area (Å²) in [5, 5.41) is 2.77. The van der Waals surface area contributed by atoms with Crippen molar-refractivity contribution in [3.8, 4) is 5.75 Å². The SMILES string of the molecule is CCOc1cccc(NC(=O)c2cccc(S(=O)(=O)N(CC)CC)c2)c1. The lowest BCUT2D eigenvalue weighted by Crippen LogP contribution is -2.30. The van der Waals surface area contributed by atoms with Crippen LogP contribution in [0.1, 0.15) is 31.1 Å². The molecule has 0 heterocycles. The fourth-order valence-corrected chi connectivity index (χ4v) is 4.05. The molecule has 6 nitrogen and oxygen atoms in total. The molecule has 0 unspecified atom stereocenters. The third-order valence-corrected chi connectivity index (χ3v) is 5.89. The number of anilines is 1. The van der Waals surface area contributed by atoms with Crippen LogP contribution in [0.4, 0.5) is 5.69 Å². The Morgan fingerprint density at radius 3 is 2.38 bits per heavy atom. The van der Waals surface area contributed by atoms with Gasteiger partial charge < -0.3 is 10.1 Å². The molecule has 0 fully saturated rings. The van der Waals surface area contributed by atoms with Crippen LogP contribution in [0.15, 0.2) is 53.4 Å². The Morgan fingerprint density at radius 1 is 1.04 bits per heavy atom. The maximum absolute atomic E-state index is 12.6. The minimum absolute atomic E-state index is 0.108. The largest absolute Gasteiger partial charge is 0.494 e. The molecular weight excluding hydrogens is 352 g/mol. The molecule has 7 heteroatoms. The van der Waals surface area contributed by atoms with Crippen LogP contribution < -0.4 is 10.1 Å². The van der Waals surface area contributed by atoms with Crippen LogP contribution in [0.5, 0.6) is 5.75 Å². The van der Waals surface area contributed by atoms with Gasteiger partial charge in [-0.15, -0.1) is 0 Å². The summed E-state index contributed by atoms with van der Waals surface area (Å²) in [6.07, 6.45) is 0. The quantitative estimate of drug-likeness (QED) is 0.766. The van der Waals surface area contributed by atoms with Crippen LogP contribution in [0.25, 0.3) is 0 Å². The molecule has 0 aliphatic heterocycles. The summed E-state index contributed by atoms with van der Waals surface area (Å²) in [7, 11) is -3.61. The third-order valence-electron chi connectivity index (χ3n) is 3.84. The Bertz CT molecular complexity index is 861.